The number of nitrogens with zero attached hydrogens (tertiary/aromatic N) is 1. The Bertz CT molecular complexity index is 433. The van der Waals surface area contributed by atoms with E-state index in [9.17, 15) is 9.59 Å². The smallest absolute Gasteiger partial charge is 0.309 e. The number of carboxylic acid groups (broad SMARTS) is 1. The van der Waals surface area contributed by atoms with Crippen LogP contribution in [0.1, 0.15) is 24.6 Å². The van der Waals surface area contributed by atoms with Gasteiger partial charge in [0.25, 0.3) is 0 Å². The summed E-state index contributed by atoms with van der Waals surface area (Å²) in [6, 6.07) is 3.89. The van der Waals surface area contributed by atoms with Crippen molar-refractivity contribution in [1.82, 2.24) is 4.90 Å². The maximum Gasteiger partial charge on any atom is 0.309 e. The van der Waals surface area contributed by atoms with Crippen LogP contribution in [0.25, 0.3) is 0 Å². The fraction of sp³-hybridized carbons (Fsp3) is 0.538. The van der Waals surface area contributed by atoms with E-state index in [1.807, 2.05) is 17.5 Å². The molecule has 2 rings (SSSR count). The van der Waals surface area contributed by atoms with Gasteiger partial charge in [-0.3, -0.25) is 9.59 Å². The molecule has 4 nitrogen and oxygen atoms in total. The van der Waals surface area contributed by atoms with Crippen molar-refractivity contribution < 1.29 is 14.7 Å². The Morgan fingerprint density at radius 3 is 2.61 bits per heavy atom. The average Bonchev–Trinajstić information content (AvgIpc) is 2.82. The fourth-order valence-corrected chi connectivity index (χ4v) is 2.83. The van der Waals surface area contributed by atoms with Crippen LogP contribution in [0.3, 0.4) is 0 Å². The van der Waals surface area contributed by atoms with Crippen LogP contribution in [0.5, 0.6) is 0 Å². The van der Waals surface area contributed by atoms with Crippen LogP contribution >= 0.6 is 11.3 Å². The van der Waals surface area contributed by atoms with E-state index in [-0.39, 0.29) is 5.91 Å². The molecule has 2 heterocycles. The highest BCUT2D eigenvalue weighted by Crippen LogP contribution is 2.31. The minimum Gasteiger partial charge on any atom is -0.481 e. The average molecular weight is 267 g/mol. The van der Waals surface area contributed by atoms with Gasteiger partial charge in [0.15, 0.2) is 0 Å². The molecule has 1 N–H and O–H groups in total. The summed E-state index contributed by atoms with van der Waals surface area (Å²) in [5.41, 5.74) is -0.667. The van der Waals surface area contributed by atoms with Crippen molar-refractivity contribution in [3.8, 4) is 0 Å². The number of aliphatic carboxylic acids is 1. The van der Waals surface area contributed by atoms with Gasteiger partial charge < -0.3 is 10.0 Å². The number of piperidine rings is 1. The standard InChI is InChI=1S/C13H17NO3S/c1-13(12(16)17)4-6-14(7-5-13)11(15)9-10-3-2-8-18-10/h2-3,8H,4-7,9H2,1H3,(H,16,17). The van der Waals surface area contributed by atoms with Gasteiger partial charge in [-0.1, -0.05) is 6.07 Å². The van der Waals surface area contributed by atoms with E-state index in [0.717, 1.165) is 4.88 Å². The van der Waals surface area contributed by atoms with Gasteiger partial charge in [-0.25, -0.2) is 0 Å². The number of hydrogen-bond acceptors (Lipinski definition) is 3. The van der Waals surface area contributed by atoms with Gasteiger partial charge in [0, 0.05) is 18.0 Å². The number of carbonyl (C=O) groups excluding carboxylic acids is 1. The molecule has 0 bridgehead atoms. The minimum atomic E-state index is -0.757. The molecular weight excluding hydrogens is 250 g/mol. The van der Waals surface area contributed by atoms with Crippen LogP contribution in [-0.2, 0) is 16.0 Å². The van der Waals surface area contributed by atoms with E-state index in [0.29, 0.717) is 32.4 Å². The lowest BCUT2D eigenvalue weighted by molar-refractivity contribution is -0.152. The van der Waals surface area contributed by atoms with Crippen molar-refractivity contribution >= 4 is 23.2 Å². The summed E-state index contributed by atoms with van der Waals surface area (Å²) in [7, 11) is 0. The third kappa shape index (κ3) is 2.72. The number of carboxylic acids is 1. The molecule has 98 valence electrons. The van der Waals surface area contributed by atoms with Crippen LogP contribution in [0.2, 0.25) is 0 Å². The summed E-state index contributed by atoms with van der Waals surface area (Å²) < 4.78 is 0. The van der Waals surface area contributed by atoms with Gasteiger partial charge in [-0.2, -0.15) is 0 Å². The topological polar surface area (TPSA) is 57.6 Å². The van der Waals surface area contributed by atoms with Crippen molar-refractivity contribution in [2.45, 2.75) is 26.2 Å². The second-order valence-electron chi connectivity index (χ2n) is 5.00. The van der Waals surface area contributed by atoms with E-state index in [4.69, 9.17) is 5.11 Å². The predicted octanol–water partition coefficient (Wildman–Crippen LogP) is 2.00. The Morgan fingerprint density at radius 1 is 1.44 bits per heavy atom. The number of rotatable bonds is 3. The number of thiophene rings is 1. The zero-order valence-electron chi connectivity index (χ0n) is 10.4. The van der Waals surface area contributed by atoms with Crippen LogP contribution in [0.4, 0.5) is 0 Å². The van der Waals surface area contributed by atoms with E-state index in [2.05, 4.69) is 0 Å². The molecular formula is C13H17NO3S. The third-order valence-electron chi connectivity index (χ3n) is 3.64. The second kappa shape index (κ2) is 5.10. The lowest BCUT2D eigenvalue weighted by Gasteiger charge is -2.36. The largest absolute Gasteiger partial charge is 0.481 e. The molecule has 1 fully saturated rings. The van der Waals surface area contributed by atoms with Gasteiger partial charge in [0.1, 0.15) is 0 Å². The first-order chi connectivity index (χ1) is 8.51. The normalized spacial score (nSPS) is 18.6. The van der Waals surface area contributed by atoms with E-state index in [1.54, 1.807) is 23.2 Å². The molecule has 0 aliphatic carbocycles. The number of carbonyl (C=O) groups is 2. The van der Waals surface area contributed by atoms with Crippen molar-refractivity contribution in [2.24, 2.45) is 5.41 Å². The SMILES string of the molecule is CC1(C(=O)O)CCN(C(=O)Cc2cccs2)CC1. The summed E-state index contributed by atoms with van der Waals surface area (Å²) in [6.07, 6.45) is 1.51. The Morgan fingerprint density at radius 2 is 2.11 bits per heavy atom. The molecule has 0 saturated carbocycles. The Labute approximate surface area is 110 Å². The molecule has 0 unspecified atom stereocenters. The monoisotopic (exact) mass is 267 g/mol. The molecule has 18 heavy (non-hydrogen) atoms. The van der Waals surface area contributed by atoms with Crippen LogP contribution < -0.4 is 0 Å². The molecule has 0 radical (unpaired) electrons. The molecule has 0 aromatic carbocycles. The highest BCUT2D eigenvalue weighted by molar-refractivity contribution is 7.10. The third-order valence-corrected chi connectivity index (χ3v) is 4.52. The second-order valence-corrected chi connectivity index (χ2v) is 6.03. The summed E-state index contributed by atoms with van der Waals surface area (Å²) in [6.45, 7) is 2.86. The van der Waals surface area contributed by atoms with Crippen molar-refractivity contribution in [2.75, 3.05) is 13.1 Å². The van der Waals surface area contributed by atoms with Gasteiger partial charge in [0.05, 0.1) is 11.8 Å². The molecule has 1 aromatic heterocycles. The molecule has 1 aromatic rings. The van der Waals surface area contributed by atoms with Crippen LogP contribution in [0.15, 0.2) is 17.5 Å². The van der Waals surface area contributed by atoms with Gasteiger partial charge in [-0.05, 0) is 31.2 Å². The van der Waals surface area contributed by atoms with E-state index in [1.165, 1.54) is 0 Å². The van der Waals surface area contributed by atoms with Crippen LogP contribution in [-0.4, -0.2) is 35.0 Å². The molecule has 0 spiro atoms. The Balaban J connectivity index is 1.90. The quantitative estimate of drug-likeness (QED) is 0.911. The zero-order valence-corrected chi connectivity index (χ0v) is 11.2. The van der Waals surface area contributed by atoms with E-state index < -0.39 is 11.4 Å². The highest BCUT2D eigenvalue weighted by atomic mass is 32.1. The zero-order chi connectivity index (χ0) is 13.2. The number of hydrogen-bond donors (Lipinski definition) is 1. The predicted molar refractivity (Wildman–Crippen MR) is 69.6 cm³/mol. The lowest BCUT2D eigenvalue weighted by atomic mass is 9.80. The van der Waals surface area contributed by atoms with Crippen LogP contribution in [0, 0.1) is 5.41 Å². The first kappa shape index (κ1) is 13.1. The number of amides is 1. The highest BCUT2D eigenvalue weighted by Gasteiger charge is 2.37. The molecule has 5 heteroatoms. The summed E-state index contributed by atoms with van der Waals surface area (Å²) in [5, 5.41) is 11.1. The Kier molecular flexibility index (Phi) is 3.71. The summed E-state index contributed by atoms with van der Waals surface area (Å²) >= 11 is 1.58. The molecule has 1 amide bonds. The summed E-state index contributed by atoms with van der Waals surface area (Å²) in [4.78, 5) is 26.0. The molecule has 1 aliphatic rings. The Hall–Kier alpha value is -1.36. The van der Waals surface area contributed by atoms with Crippen molar-refractivity contribution in [1.29, 1.82) is 0 Å². The van der Waals surface area contributed by atoms with Gasteiger partial charge in [-0.15, -0.1) is 11.3 Å². The number of likely N-dealkylation sites (tertiary alicyclic amines) is 1. The maximum atomic E-state index is 12.0. The van der Waals surface area contributed by atoms with Crippen molar-refractivity contribution in [3.63, 3.8) is 0 Å². The molecule has 1 aliphatic heterocycles. The minimum absolute atomic E-state index is 0.102. The first-order valence-corrected chi connectivity index (χ1v) is 6.93. The van der Waals surface area contributed by atoms with Gasteiger partial charge in [0.2, 0.25) is 5.91 Å². The maximum absolute atomic E-state index is 12.0. The van der Waals surface area contributed by atoms with E-state index >= 15 is 0 Å². The fourth-order valence-electron chi connectivity index (χ4n) is 2.14. The van der Waals surface area contributed by atoms with Crippen molar-refractivity contribution in [3.05, 3.63) is 22.4 Å². The molecule has 1 saturated heterocycles. The summed E-state index contributed by atoms with van der Waals surface area (Å²) in [5.74, 6) is -0.655. The lowest BCUT2D eigenvalue weighted by Crippen LogP contribution is -2.45. The molecule has 0 atom stereocenters. The first-order valence-electron chi connectivity index (χ1n) is 6.05. The van der Waals surface area contributed by atoms with Gasteiger partial charge >= 0.3 is 5.97 Å².